The Bertz CT molecular complexity index is 1890. The number of carbonyl (C=O) groups is 3. The Kier molecular flexibility index (Phi) is 30.1. The highest BCUT2D eigenvalue weighted by atomic mass is 28.4. The lowest BCUT2D eigenvalue weighted by atomic mass is 9.99. The lowest BCUT2D eigenvalue weighted by molar-refractivity contribution is -0.282. The van der Waals surface area contributed by atoms with Crippen LogP contribution >= 0.6 is 0 Å². The molecule has 4 rings (SSSR count). The van der Waals surface area contributed by atoms with Crippen molar-refractivity contribution in [1.82, 2.24) is 5.32 Å². The van der Waals surface area contributed by atoms with Gasteiger partial charge < -0.3 is 38.2 Å². The van der Waals surface area contributed by atoms with E-state index in [0.717, 1.165) is 38.5 Å². The molecule has 7 atom stereocenters. The summed E-state index contributed by atoms with van der Waals surface area (Å²) in [5, 5.41) is 3.17. The van der Waals surface area contributed by atoms with Gasteiger partial charge in [0.25, 0.3) is 0 Å². The second-order valence-corrected chi connectivity index (χ2v) is 28.2. The van der Waals surface area contributed by atoms with E-state index in [1.165, 1.54) is 122 Å². The minimum absolute atomic E-state index is 0.0671. The van der Waals surface area contributed by atoms with Gasteiger partial charge in [-0.25, -0.2) is 9.59 Å². The number of carbonyl (C=O) groups excluding carboxylic acids is 3. The first-order valence-corrected chi connectivity index (χ1v) is 32.7. The van der Waals surface area contributed by atoms with E-state index < -0.39 is 68.9 Å². The summed E-state index contributed by atoms with van der Waals surface area (Å²) < 4.78 is 46.1. The van der Waals surface area contributed by atoms with Gasteiger partial charge in [0.15, 0.2) is 26.5 Å². The first-order valence-electron chi connectivity index (χ1n) is 29.8. The van der Waals surface area contributed by atoms with Crippen LogP contribution in [-0.2, 0) is 37.6 Å². The number of ether oxygens (including phenoxy) is 6. The van der Waals surface area contributed by atoms with Gasteiger partial charge in [-0.2, -0.15) is 0 Å². The van der Waals surface area contributed by atoms with Crippen LogP contribution in [0.25, 0.3) is 0 Å². The number of rotatable bonds is 39. The van der Waals surface area contributed by atoms with Gasteiger partial charge in [-0.3, -0.25) is 4.79 Å². The van der Waals surface area contributed by atoms with Gasteiger partial charge in [0.05, 0.1) is 30.4 Å². The molecule has 1 N–H and O–H groups in total. The van der Waals surface area contributed by atoms with E-state index in [4.69, 9.17) is 32.8 Å². The van der Waals surface area contributed by atoms with Crippen LogP contribution < -0.4 is 5.32 Å². The van der Waals surface area contributed by atoms with Crippen LogP contribution in [0, 0.1) is 0 Å². The molecular weight excluding hydrogens is 959 g/mol. The summed E-state index contributed by atoms with van der Waals surface area (Å²) in [7, 11) is -2.26. The van der Waals surface area contributed by atoms with Crippen molar-refractivity contribution in [2.24, 2.45) is 0 Å². The van der Waals surface area contributed by atoms with Gasteiger partial charge in [0, 0.05) is 6.42 Å². The molecule has 2 fully saturated rings. The van der Waals surface area contributed by atoms with Crippen LogP contribution in [0.4, 0.5) is 0 Å². The molecular formula is C63H103NO10Si. The maximum atomic E-state index is 14.1. The number of esters is 2. The van der Waals surface area contributed by atoms with Crippen molar-refractivity contribution in [2.45, 2.75) is 282 Å². The van der Waals surface area contributed by atoms with Crippen LogP contribution in [0.3, 0.4) is 0 Å². The van der Waals surface area contributed by atoms with Gasteiger partial charge in [0.2, 0.25) is 5.91 Å². The van der Waals surface area contributed by atoms with Crippen LogP contribution in [0.1, 0.15) is 236 Å². The summed E-state index contributed by atoms with van der Waals surface area (Å²) in [6.07, 6.45) is 29.4. The molecule has 75 heavy (non-hydrogen) atoms. The SMILES string of the molecule is CCCCCCCCCCCCCC=C[C@@H](OC(=O)c1ccccc1)[C@H](CO[C@@H]1O[C@H](CO[Si](C)(C)C(C)(C)C)[C@@H]2OC(C)(C)O[C@@H]2[C@H]1OC(=O)c1ccccc1)NC(=O)CCCCCCCCCCCCCCC. The minimum Gasteiger partial charge on any atom is -0.452 e. The molecule has 0 aromatic heterocycles. The Morgan fingerprint density at radius 3 is 1.63 bits per heavy atom. The predicted molar refractivity (Wildman–Crippen MR) is 305 cm³/mol. The van der Waals surface area contributed by atoms with Crippen molar-refractivity contribution in [3.63, 3.8) is 0 Å². The van der Waals surface area contributed by atoms with E-state index in [9.17, 15) is 14.4 Å². The number of hydrogen-bond acceptors (Lipinski definition) is 10. The predicted octanol–water partition coefficient (Wildman–Crippen LogP) is 15.9. The zero-order valence-electron chi connectivity index (χ0n) is 48.4. The van der Waals surface area contributed by atoms with Crippen LogP contribution in [0.15, 0.2) is 72.8 Å². The third kappa shape index (κ3) is 24.4. The monoisotopic (exact) mass is 1060 g/mol. The molecule has 1 amide bonds. The van der Waals surface area contributed by atoms with E-state index in [-0.39, 0.29) is 24.2 Å². The lowest BCUT2D eigenvalue weighted by Gasteiger charge is -2.43. The zero-order valence-corrected chi connectivity index (χ0v) is 49.4. The Hall–Kier alpha value is -3.39. The molecule has 0 saturated carbocycles. The highest BCUT2D eigenvalue weighted by Gasteiger charge is 2.58. The number of unbranched alkanes of at least 4 members (excludes halogenated alkanes) is 23. The Balaban J connectivity index is 1.55. The van der Waals surface area contributed by atoms with Crippen molar-refractivity contribution < 1.29 is 47.2 Å². The first kappa shape index (κ1) is 64.1. The average Bonchev–Trinajstić information content (AvgIpc) is 3.72. The van der Waals surface area contributed by atoms with E-state index in [1.807, 2.05) is 32.1 Å². The third-order valence-corrected chi connectivity index (χ3v) is 19.8. The molecule has 2 aromatic carbocycles. The summed E-state index contributed by atoms with van der Waals surface area (Å²) >= 11 is 0. The van der Waals surface area contributed by atoms with Crippen LogP contribution in [0.2, 0.25) is 18.1 Å². The fraction of sp³-hybridized carbons (Fsp3) is 0.730. The van der Waals surface area contributed by atoms with Crippen LogP contribution in [-0.4, -0.2) is 88.0 Å². The highest BCUT2D eigenvalue weighted by molar-refractivity contribution is 6.74. The van der Waals surface area contributed by atoms with Gasteiger partial charge in [-0.15, -0.1) is 0 Å². The number of amides is 1. The highest BCUT2D eigenvalue weighted by Crippen LogP contribution is 2.42. The number of fused-ring (bicyclic) bond motifs is 1. The Morgan fingerprint density at radius 2 is 1.12 bits per heavy atom. The number of benzene rings is 2. The van der Waals surface area contributed by atoms with Gasteiger partial charge in [-0.05, 0) is 81.6 Å². The zero-order chi connectivity index (χ0) is 54.4. The summed E-state index contributed by atoms with van der Waals surface area (Å²) in [6.45, 7) is 19.2. The van der Waals surface area contributed by atoms with Crippen molar-refractivity contribution in [3.05, 3.63) is 83.9 Å². The normalized spacial score (nSPS) is 20.4. The molecule has 12 heteroatoms. The molecule has 424 valence electrons. The summed E-state index contributed by atoms with van der Waals surface area (Å²) in [4.78, 5) is 41.9. The lowest BCUT2D eigenvalue weighted by Crippen LogP contribution is -2.61. The van der Waals surface area contributed by atoms with Gasteiger partial charge >= 0.3 is 11.9 Å². The standard InChI is InChI=1S/C63H103NO10Si/c1-10-12-14-16-18-20-22-24-26-28-30-32-40-46-53(70-59(66)50-42-36-34-37-43-50)52(64-55(65)47-41-33-31-29-27-25-23-21-19-17-15-13-11-2)48-68-61-58(72-60(67)51-44-38-35-39-45-51)57-56(73-63(6,7)74-57)54(71-61)49-69-75(8,9)62(3,4)5/h34-40,42-46,52-54,56-58,61H,10-33,41,47-49H2,1-9H3,(H,64,65)/t52-,53+,54+,56-,57-,58+,61+/m0/s1. The summed E-state index contributed by atoms with van der Waals surface area (Å²) in [5.41, 5.74) is 0.767. The fourth-order valence-corrected chi connectivity index (χ4v) is 10.7. The molecule has 2 aromatic rings. The van der Waals surface area contributed by atoms with Gasteiger partial charge in [0.1, 0.15) is 24.4 Å². The molecule has 0 radical (unpaired) electrons. The van der Waals surface area contributed by atoms with Gasteiger partial charge in [-0.1, -0.05) is 218 Å². The fourth-order valence-electron chi connectivity index (χ4n) is 9.68. The van der Waals surface area contributed by atoms with Crippen molar-refractivity contribution >= 4 is 26.2 Å². The molecule has 0 unspecified atom stereocenters. The molecule has 11 nitrogen and oxygen atoms in total. The van der Waals surface area contributed by atoms with E-state index in [0.29, 0.717) is 17.5 Å². The second-order valence-electron chi connectivity index (χ2n) is 23.4. The Morgan fingerprint density at radius 1 is 0.653 bits per heavy atom. The maximum Gasteiger partial charge on any atom is 0.338 e. The maximum absolute atomic E-state index is 14.1. The summed E-state index contributed by atoms with van der Waals surface area (Å²) in [6, 6.07) is 16.9. The largest absolute Gasteiger partial charge is 0.452 e. The number of hydrogen-bond donors (Lipinski definition) is 1. The number of nitrogens with one attached hydrogen (secondary N) is 1. The molecule has 0 bridgehead atoms. The van der Waals surface area contributed by atoms with E-state index >= 15 is 0 Å². The quantitative estimate of drug-likeness (QED) is 0.0299. The van der Waals surface area contributed by atoms with E-state index in [1.54, 1.807) is 48.5 Å². The van der Waals surface area contributed by atoms with Crippen molar-refractivity contribution in [3.8, 4) is 0 Å². The second kappa shape index (κ2) is 35.2. The molecule has 2 aliphatic rings. The third-order valence-electron chi connectivity index (χ3n) is 15.3. The minimum atomic E-state index is -2.26. The summed E-state index contributed by atoms with van der Waals surface area (Å²) in [5.74, 6) is -2.26. The average molecular weight is 1060 g/mol. The molecule has 2 saturated heterocycles. The molecule has 2 heterocycles. The number of allylic oxidation sites excluding steroid dienone is 1. The molecule has 0 spiro atoms. The Labute approximate surface area is 456 Å². The smallest absolute Gasteiger partial charge is 0.338 e. The first-order chi connectivity index (χ1) is 36.0. The van der Waals surface area contributed by atoms with E-state index in [2.05, 4.69) is 59.1 Å². The topological polar surface area (TPSA) is 128 Å². The van der Waals surface area contributed by atoms with Crippen molar-refractivity contribution in [2.75, 3.05) is 13.2 Å². The van der Waals surface area contributed by atoms with Crippen molar-refractivity contribution in [1.29, 1.82) is 0 Å². The molecule has 2 aliphatic heterocycles. The van der Waals surface area contributed by atoms with Crippen LogP contribution in [0.5, 0.6) is 0 Å². The molecule has 0 aliphatic carbocycles.